The Balaban J connectivity index is 3.13. The molecule has 0 aliphatic carbocycles. The number of carboxylic acid groups (broad SMARTS) is 1. The highest BCUT2D eigenvalue weighted by Crippen LogP contribution is 2.07. The number of carbonyl (C=O) groups excluding carboxylic acids is 1. The molecule has 4 heteroatoms. The molecule has 3 N–H and O–H groups in total. The first-order valence-corrected chi connectivity index (χ1v) is 5.10. The lowest BCUT2D eigenvalue weighted by Crippen LogP contribution is -2.29. The molecule has 0 aromatic heterocycles. The van der Waals surface area contributed by atoms with Gasteiger partial charge in [-0.2, -0.15) is 0 Å². The minimum absolute atomic E-state index is 0.545. The van der Waals surface area contributed by atoms with Crippen LogP contribution in [0.1, 0.15) is 44.9 Å². The summed E-state index contributed by atoms with van der Waals surface area (Å²) in [6, 6.07) is -0.718. The second kappa shape index (κ2) is 8.69. The molecule has 1 atom stereocenters. The standard InChI is InChI=1S/C10H19NO3/c11-9(10(13)14)7-5-3-1-2-4-6-8-12/h8-9H,1-7,11H2,(H,13,14). The van der Waals surface area contributed by atoms with Crippen LogP contribution in [0.3, 0.4) is 0 Å². The molecule has 0 aromatic carbocycles. The van der Waals surface area contributed by atoms with E-state index in [0.29, 0.717) is 12.8 Å². The lowest BCUT2D eigenvalue weighted by molar-refractivity contribution is -0.138. The first-order valence-electron chi connectivity index (χ1n) is 5.10. The van der Waals surface area contributed by atoms with Crippen LogP contribution in [0.25, 0.3) is 0 Å². The van der Waals surface area contributed by atoms with Crippen LogP contribution in [0, 0.1) is 0 Å². The first kappa shape index (κ1) is 13.1. The van der Waals surface area contributed by atoms with Crippen LogP contribution in [-0.4, -0.2) is 23.4 Å². The molecule has 0 amide bonds. The fourth-order valence-corrected chi connectivity index (χ4v) is 1.25. The molecule has 0 aliphatic heterocycles. The maximum atomic E-state index is 10.3. The second-order valence-electron chi connectivity index (χ2n) is 3.46. The topological polar surface area (TPSA) is 80.4 Å². The maximum Gasteiger partial charge on any atom is 0.320 e. The van der Waals surface area contributed by atoms with E-state index in [1.54, 1.807) is 0 Å². The molecule has 0 saturated carbocycles. The molecule has 0 aliphatic rings. The van der Waals surface area contributed by atoms with Crippen molar-refractivity contribution in [2.24, 2.45) is 5.73 Å². The van der Waals surface area contributed by atoms with Gasteiger partial charge in [-0.3, -0.25) is 4.79 Å². The van der Waals surface area contributed by atoms with Crippen molar-refractivity contribution < 1.29 is 14.7 Å². The quantitative estimate of drug-likeness (QED) is 0.435. The van der Waals surface area contributed by atoms with Gasteiger partial charge in [0.05, 0.1) is 0 Å². The van der Waals surface area contributed by atoms with E-state index >= 15 is 0 Å². The molecular weight excluding hydrogens is 182 g/mol. The lowest BCUT2D eigenvalue weighted by atomic mass is 10.1. The van der Waals surface area contributed by atoms with Gasteiger partial charge in [0.25, 0.3) is 0 Å². The van der Waals surface area contributed by atoms with Crippen LogP contribution >= 0.6 is 0 Å². The molecule has 82 valence electrons. The molecule has 0 fully saturated rings. The van der Waals surface area contributed by atoms with Gasteiger partial charge in [0.2, 0.25) is 0 Å². The first-order chi connectivity index (χ1) is 6.68. The van der Waals surface area contributed by atoms with E-state index < -0.39 is 12.0 Å². The zero-order valence-corrected chi connectivity index (χ0v) is 8.45. The highest BCUT2D eigenvalue weighted by molar-refractivity contribution is 5.72. The number of carboxylic acids is 1. The van der Waals surface area contributed by atoms with Crippen molar-refractivity contribution in [3.8, 4) is 0 Å². The summed E-state index contributed by atoms with van der Waals surface area (Å²) in [7, 11) is 0. The Bertz CT molecular complexity index is 171. The van der Waals surface area contributed by atoms with E-state index in [2.05, 4.69) is 0 Å². The lowest BCUT2D eigenvalue weighted by Gasteiger charge is -2.05. The molecular formula is C10H19NO3. The number of carbonyl (C=O) groups is 2. The minimum Gasteiger partial charge on any atom is -0.480 e. The summed E-state index contributed by atoms with van der Waals surface area (Å²) >= 11 is 0. The van der Waals surface area contributed by atoms with Crippen molar-refractivity contribution in [3.05, 3.63) is 0 Å². The van der Waals surface area contributed by atoms with Crippen molar-refractivity contribution in [1.29, 1.82) is 0 Å². The van der Waals surface area contributed by atoms with E-state index in [1.165, 1.54) is 0 Å². The third-order valence-corrected chi connectivity index (χ3v) is 2.15. The molecule has 0 bridgehead atoms. The average molecular weight is 201 g/mol. The number of nitrogens with two attached hydrogens (primary N) is 1. The molecule has 0 spiro atoms. The summed E-state index contributed by atoms with van der Waals surface area (Å²) in [5, 5.41) is 8.49. The van der Waals surface area contributed by atoms with Gasteiger partial charge in [0.15, 0.2) is 0 Å². The zero-order valence-electron chi connectivity index (χ0n) is 8.45. The van der Waals surface area contributed by atoms with Gasteiger partial charge < -0.3 is 15.6 Å². The molecule has 0 heterocycles. The number of aliphatic carboxylic acids is 1. The number of rotatable bonds is 9. The summed E-state index contributed by atoms with van der Waals surface area (Å²) in [4.78, 5) is 20.3. The van der Waals surface area contributed by atoms with Gasteiger partial charge >= 0.3 is 5.97 Å². The summed E-state index contributed by atoms with van der Waals surface area (Å²) in [6.07, 6.45) is 7.00. The van der Waals surface area contributed by atoms with E-state index in [9.17, 15) is 9.59 Å². The van der Waals surface area contributed by atoms with Crippen LogP contribution in [0.15, 0.2) is 0 Å². The third-order valence-electron chi connectivity index (χ3n) is 2.15. The molecule has 14 heavy (non-hydrogen) atoms. The fourth-order valence-electron chi connectivity index (χ4n) is 1.25. The highest BCUT2D eigenvalue weighted by Gasteiger charge is 2.09. The van der Waals surface area contributed by atoms with Gasteiger partial charge in [-0.15, -0.1) is 0 Å². The van der Waals surface area contributed by atoms with Crippen molar-refractivity contribution in [3.63, 3.8) is 0 Å². The van der Waals surface area contributed by atoms with E-state index in [-0.39, 0.29) is 0 Å². The normalized spacial score (nSPS) is 12.4. The fraction of sp³-hybridized carbons (Fsp3) is 0.800. The average Bonchev–Trinajstić information content (AvgIpc) is 2.16. The summed E-state index contributed by atoms with van der Waals surface area (Å²) in [5.41, 5.74) is 5.33. The van der Waals surface area contributed by atoms with E-state index in [4.69, 9.17) is 10.8 Å². The zero-order chi connectivity index (χ0) is 10.8. The third kappa shape index (κ3) is 7.73. The Labute approximate surface area is 84.5 Å². The van der Waals surface area contributed by atoms with Gasteiger partial charge in [-0.25, -0.2) is 0 Å². The van der Waals surface area contributed by atoms with Crippen LogP contribution in [-0.2, 0) is 9.59 Å². The predicted octanol–water partition coefficient (Wildman–Crippen LogP) is 1.33. The van der Waals surface area contributed by atoms with Crippen LogP contribution in [0.2, 0.25) is 0 Å². The highest BCUT2D eigenvalue weighted by atomic mass is 16.4. The molecule has 0 aromatic rings. The smallest absolute Gasteiger partial charge is 0.320 e. The summed E-state index contributed by atoms with van der Waals surface area (Å²) in [5.74, 6) is -0.925. The van der Waals surface area contributed by atoms with Crippen molar-refractivity contribution in [2.45, 2.75) is 51.0 Å². The van der Waals surface area contributed by atoms with Crippen LogP contribution in [0.5, 0.6) is 0 Å². The number of aldehydes is 1. The Morgan fingerprint density at radius 1 is 1.21 bits per heavy atom. The van der Waals surface area contributed by atoms with Crippen molar-refractivity contribution in [2.75, 3.05) is 0 Å². The monoisotopic (exact) mass is 201 g/mol. The Morgan fingerprint density at radius 2 is 1.79 bits per heavy atom. The second-order valence-corrected chi connectivity index (χ2v) is 3.46. The maximum absolute atomic E-state index is 10.3. The van der Waals surface area contributed by atoms with Crippen LogP contribution in [0.4, 0.5) is 0 Å². The predicted molar refractivity (Wildman–Crippen MR) is 54.0 cm³/mol. The number of hydrogen-bond acceptors (Lipinski definition) is 3. The Morgan fingerprint density at radius 3 is 2.36 bits per heavy atom. The van der Waals surface area contributed by atoms with E-state index in [0.717, 1.165) is 38.4 Å². The molecule has 4 nitrogen and oxygen atoms in total. The summed E-state index contributed by atoms with van der Waals surface area (Å²) in [6.45, 7) is 0. The Hall–Kier alpha value is -0.900. The van der Waals surface area contributed by atoms with Gasteiger partial charge in [0.1, 0.15) is 12.3 Å². The van der Waals surface area contributed by atoms with E-state index in [1.807, 2.05) is 0 Å². The number of unbranched alkanes of at least 4 members (excludes halogenated alkanes) is 5. The molecule has 1 unspecified atom stereocenters. The van der Waals surface area contributed by atoms with Gasteiger partial charge in [-0.1, -0.05) is 25.7 Å². The molecule has 0 saturated heterocycles. The SMILES string of the molecule is NC(CCCCCCCC=O)C(=O)O. The molecule has 0 rings (SSSR count). The van der Waals surface area contributed by atoms with Gasteiger partial charge in [0, 0.05) is 6.42 Å². The summed E-state index contributed by atoms with van der Waals surface area (Å²) < 4.78 is 0. The Kier molecular flexibility index (Phi) is 8.13. The molecule has 0 radical (unpaired) electrons. The minimum atomic E-state index is -0.925. The largest absolute Gasteiger partial charge is 0.480 e. The van der Waals surface area contributed by atoms with Crippen molar-refractivity contribution >= 4 is 12.3 Å². The van der Waals surface area contributed by atoms with Crippen molar-refractivity contribution in [1.82, 2.24) is 0 Å². The van der Waals surface area contributed by atoms with Crippen LogP contribution < -0.4 is 5.73 Å². The number of hydrogen-bond donors (Lipinski definition) is 2. The van der Waals surface area contributed by atoms with Gasteiger partial charge in [-0.05, 0) is 12.8 Å².